The van der Waals surface area contributed by atoms with Crippen LogP contribution in [0.2, 0.25) is 0 Å². The van der Waals surface area contributed by atoms with E-state index in [1.807, 2.05) is 0 Å². The molecule has 1 aliphatic carbocycles. The maximum Gasteiger partial charge on any atom is 0.333 e. The first-order valence-corrected chi connectivity index (χ1v) is 12.2. The highest BCUT2D eigenvalue weighted by atomic mass is 16.6. The fourth-order valence-electron chi connectivity index (χ4n) is 5.23. The van der Waals surface area contributed by atoms with E-state index in [9.17, 15) is 4.79 Å². The third-order valence-corrected chi connectivity index (χ3v) is 7.21. The van der Waals surface area contributed by atoms with Crippen LogP contribution in [0.1, 0.15) is 96.5 Å². The number of benzene rings is 1. The fourth-order valence-corrected chi connectivity index (χ4v) is 5.23. The smallest absolute Gasteiger partial charge is 0.333 e. The van der Waals surface area contributed by atoms with Crippen LogP contribution in [0.25, 0.3) is 0 Å². The molecular weight excluding hydrogens is 372 g/mol. The van der Waals surface area contributed by atoms with Crippen molar-refractivity contribution in [1.29, 1.82) is 0 Å². The third kappa shape index (κ3) is 5.89. The normalized spacial score (nSPS) is 26.3. The highest BCUT2D eigenvalue weighted by Gasteiger charge is 2.35. The van der Waals surface area contributed by atoms with Crippen molar-refractivity contribution in [3.8, 4) is 5.75 Å². The monoisotopic (exact) mass is 412 g/mol. The van der Waals surface area contributed by atoms with Crippen LogP contribution in [0.3, 0.4) is 0 Å². The van der Waals surface area contributed by atoms with Crippen LogP contribution in [-0.4, -0.2) is 18.2 Å². The Morgan fingerprint density at radius 1 is 1.07 bits per heavy atom. The molecule has 1 saturated heterocycles. The zero-order valence-corrected chi connectivity index (χ0v) is 19.2. The van der Waals surface area contributed by atoms with Crippen molar-refractivity contribution < 1.29 is 14.3 Å². The molecule has 0 amide bonds. The maximum atomic E-state index is 11.8. The van der Waals surface area contributed by atoms with Gasteiger partial charge in [-0.05, 0) is 74.0 Å². The van der Waals surface area contributed by atoms with Gasteiger partial charge in [0.2, 0.25) is 0 Å². The molecule has 1 saturated carbocycles. The molecule has 3 unspecified atom stereocenters. The van der Waals surface area contributed by atoms with Crippen molar-refractivity contribution in [2.45, 2.75) is 103 Å². The van der Waals surface area contributed by atoms with E-state index in [0.29, 0.717) is 17.9 Å². The number of unbranched alkanes of at least 4 members (excludes halogenated alkanes) is 1. The highest BCUT2D eigenvalue weighted by Crippen LogP contribution is 2.40. The lowest BCUT2D eigenvalue weighted by molar-refractivity contribution is -0.142. The van der Waals surface area contributed by atoms with E-state index < -0.39 is 0 Å². The van der Waals surface area contributed by atoms with Crippen molar-refractivity contribution in [3.63, 3.8) is 0 Å². The Morgan fingerprint density at radius 3 is 2.33 bits per heavy atom. The summed E-state index contributed by atoms with van der Waals surface area (Å²) in [4.78, 5) is 11.8. The van der Waals surface area contributed by atoms with Gasteiger partial charge in [0.15, 0.2) is 0 Å². The van der Waals surface area contributed by atoms with Crippen LogP contribution in [0, 0.1) is 11.8 Å². The van der Waals surface area contributed by atoms with Gasteiger partial charge in [-0.25, -0.2) is 4.79 Å². The molecular formula is C27H40O3. The first-order valence-electron chi connectivity index (χ1n) is 12.2. The van der Waals surface area contributed by atoms with Gasteiger partial charge in [-0.1, -0.05) is 58.7 Å². The number of carbonyl (C=O) groups is 1. The van der Waals surface area contributed by atoms with Gasteiger partial charge in [0.05, 0.1) is 0 Å². The molecule has 0 spiro atoms. The van der Waals surface area contributed by atoms with Gasteiger partial charge in [-0.2, -0.15) is 0 Å². The molecule has 2 fully saturated rings. The molecule has 166 valence electrons. The second-order valence-corrected chi connectivity index (χ2v) is 9.50. The lowest BCUT2D eigenvalue weighted by atomic mass is 9.73. The van der Waals surface area contributed by atoms with Crippen LogP contribution in [0.15, 0.2) is 36.4 Å². The molecule has 0 N–H and O–H groups in total. The molecule has 0 radical (unpaired) electrons. The minimum Gasteiger partial charge on any atom is -0.487 e. The van der Waals surface area contributed by atoms with Crippen LogP contribution < -0.4 is 4.74 Å². The molecule has 1 aliphatic heterocycles. The van der Waals surface area contributed by atoms with Gasteiger partial charge < -0.3 is 9.47 Å². The summed E-state index contributed by atoms with van der Waals surface area (Å²) in [6, 6.07) is 8.69. The van der Waals surface area contributed by atoms with Crippen molar-refractivity contribution in [1.82, 2.24) is 0 Å². The van der Waals surface area contributed by atoms with Gasteiger partial charge >= 0.3 is 5.97 Å². The van der Waals surface area contributed by atoms with Crippen molar-refractivity contribution in [2.24, 2.45) is 11.8 Å². The highest BCUT2D eigenvalue weighted by molar-refractivity contribution is 5.90. The Balaban J connectivity index is 1.56. The second kappa shape index (κ2) is 11.0. The van der Waals surface area contributed by atoms with E-state index in [2.05, 4.69) is 51.6 Å². The first kappa shape index (κ1) is 22.9. The average molecular weight is 413 g/mol. The van der Waals surface area contributed by atoms with Crippen molar-refractivity contribution >= 4 is 5.97 Å². The lowest BCUT2D eigenvalue weighted by Gasteiger charge is -2.32. The minimum absolute atomic E-state index is 0.102. The Morgan fingerprint density at radius 2 is 1.77 bits per heavy atom. The number of carbonyl (C=O) groups excluding carboxylic acids is 1. The summed E-state index contributed by atoms with van der Waals surface area (Å²) in [5, 5.41) is 0. The molecule has 30 heavy (non-hydrogen) atoms. The van der Waals surface area contributed by atoms with E-state index in [0.717, 1.165) is 36.8 Å². The topological polar surface area (TPSA) is 35.5 Å². The Hall–Kier alpha value is -1.77. The molecule has 1 heterocycles. The maximum absolute atomic E-state index is 11.8. The third-order valence-electron chi connectivity index (χ3n) is 7.21. The number of ether oxygens (including phenoxy) is 2. The predicted molar refractivity (Wildman–Crippen MR) is 123 cm³/mol. The summed E-state index contributed by atoms with van der Waals surface area (Å²) in [5.74, 6) is 3.06. The Labute approximate surface area is 183 Å². The molecule has 0 aromatic heterocycles. The number of rotatable bonds is 10. The van der Waals surface area contributed by atoms with Crippen LogP contribution in [0.5, 0.6) is 5.75 Å². The molecule has 1 aromatic rings. The summed E-state index contributed by atoms with van der Waals surface area (Å²) in [6.45, 7) is 10.7. The van der Waals surface area contributed by atoms with E-state index in [1.165, 1.54) is 44.1 Å². The summed E-state index contributed by atoms with van der Waals surface area (Å²) in [5.41, 5.74) is 2.00. The number of hydrogen-bond acceptors (Lipinski definition) is 3. The fraction of sp³-hybridized carbons (Fsp3) is 0.667. The van der Waals surface area contributed by atoms with Gasteiger partial charge in [-0.3, -0.25) is 0 Å². The molecule has 2 aliphatic rings. The largest absolute Gasteiger partial charge is 0.487 e. The number of esters is 1. The zero-order valence-electron chi connectivity index (χ0n) is 19.2. The summed E-state index contributed by atoms with van der Waals surface area (Å²) >= 11 is 0. The SMILES string of the molecule is C=C1CC(C(CCCC)Oc2ccc(C3CCC(C(C)CCC)CC3)cc2)OC1=O. The van der Waals surface area contributed by atoms with E-state index in [1.54, 1.807) is 0 Å². The Kier molecular flexibility index (Phi) is 8.41. The van der Waals surface area contributed by atoms with Crippen molar-refractivity contribution in [3.05, 3.63) is 42.0 Å². The zero-order chi connectivity index (χ0) is 21.5. The van der Waals surface area contributed by atoms with E-state index in [4.69, 9.17) is 9.47 Å². The van der Waals surface area contributed by atoms with E-state index in [-0.39, 0.29) is 18.2 Å². The standard InChI is InChI=1S/C27H40O3/c1-5-7-9-25(26-18-20(4)27(28)30-26)29-24-16-14-23(15-17-24)22-12-10-21(11-13-22)19(3)8-6-2/h14-17,19,21-22,25-26H,4-13,18H2,1-3H3. The number of hydrogen-bond donors (Lipinski definition) is 0. The van der Waals surface area contributed by atoms with Gasteiger partial charge in [0.1, 0.15) is 18.0 Å². The average Bonchev–Trinajstić information content (AvgIpc) is 3.10. The molecule has 1 aromatic carbocycles. The molecule has 3 heteroatoms. The molecule has 3 nitrogen and oxygen atoms in total. The predicted octanol–water partition coefficient (Wildman–Crippen LogP) is 7.21. The summed E-state index contributed by atoms with van der Waals surface area (Å²) in [6.07, 6.45) is 11.3. The summed E-state index contributed by atoms with van der Waals surface area (Å²) < 4.78 is 11.8. The molecule has 3 atom stereocenters. The summed E-state index contributed by atoms with van der Waals surface area (Å²) in [7, 11) is 0. The van der Waals surface area contributed by atoms with E-state index >= 15 is 0 Å². The van der Waals surface area contributed by atoms with Crippen LogP contribution in [-0.2, 0) is 9.53 Å². The molecule has 0 bridgehead atoms. The van der Waals surface area contributed by atoms with Crippen LogP contribution >= 0.6 is 0 Å². The van der Waals surface area contributed by atoms with Crippen LogP contribution in [0.4, 0.5) is 0 Å². The minimum atomic E-state index is -0.274. The van der Waals surface area contributed by atoms with Crippen molar-refractivity contribution in [2.75, 3.05) is 0 Å². The lowest BCUT2D eigenvalue weighted by Crippen LogP contribution is -2.31. The number of cyclic esters (lactones) is 1. The van der Waals surface area contributed by atoms with Gasteiger partial charge in [0.25, 0.3) is 0 Å². The van der Waals surface area contributed by atoms with Gasteiger partial charge in [0, 0.05) is 12.0 Å². The first-order chi connectivity index (χ1) is 14.5. The van der Waals surface area contributed by atoms with Gasteiger partial charge in [-0.15, -0.1) is 0 Å². The molecule has 3 rings (SSSR count). The second-order valence-electron chi connectivity index (χ2n) is 9.50. The quantitative estimate of drug-likeness (QED) is 0.301. The Bertz CT molecular complexity index is 669.